The zero-order valence-corrected chi connectivity index (χ0v) is 9.86. The van der Waals surface area contributed by atoms with E-state index in [-0.39, 0.29) is 6.04 Å². The van der Waals surface area contributed by atoms with Gasteiger partial charge in [-0.05, 0) is 30.4 Å². The highest BCUT2D eigenvalue weighted by Gasteiger charge is 2.09. The Kier molecular flexibility index (Phi) is 4.63. The molecule has 1 atom stereocenters. The van der Waals surface area contributed by atoms with Gasteiger partial charge in [0.05, 0.1) is 7.11 Å². The Morgan fingerprint density at radius 3 is 2.53 bits per heavy atom. The van der Waals surface area contributed by atoms with Gasteiger partial charge in [0, 0.05) is 6.04 Å². The number of aryl methyl sites for hydroxylation is 1. The van der Waals surface area contributed by atoms with Gasteiger partial charge in [-0.2, -0.15) is 0 Å². The fraction of sp³-hybridized carbons (Fsp3) is 0.538. The number of hydrogen-bond acceptors (Lipinski definition) is 2. The molecule has 15 heavy (non-hydrogen) atoms. The Labute approximate surface area is 92.4 Å². The average molecular weight is 207 g/mol. The summed E-state index contributed by atoms with van der Waals surface area (Å²) in [4.78, 5) is 0. The first-order valence-corrected chi connectivity index (χ1v) is 5.52. The van der Waals surface area contributed by atoms with Gasteiger partial charge in [0.2, 0.25) is 0 Å². The molecule has 0 aliphatic rings. The molecular weight excluding hydrogens is 186 g/mol. The van der Waals surface area contributed by atoms with Crippen molar-refractivity contribution in [2.24, 2.45) is 11.7 Å². The second kappa shape index (κ2) is 5.76. The van der Waals surface area contributed by atoms with Crippen molar-refractivity contribution >= 4 is 0 Å². The largest absolute Gasteiger partial charge is 0.496 e. The molecule has 0 aliphatic heterocycles. The van der Waals surface area contributed by atoms with Crippen LogP contribution in [0.2, 0.25) is 0 Å². The van der Waals surface area contributed by atoms with Crippen molar-refractivity contribution < 1.29 is 4.74 Å². The Morgan fingerprint density at radius 2 is 1.93 bits per heavy atom. The van der Waals surface area contributed by atoms with Crippen LogP contribution in [0, 0.1) is 5.92 Å². The van der Waals surface area contributed by atoms with Gasteiger partial charge in [-0.3, -0.25) is 0 Å². The minimum Gasteiger partial charge on any atom is -0.496 e. The van der Waals surface area contributed by atoms with Crippen LogP contribution in [-0.2, 0) is 6.42 Å². The second-order valence-electron chi connectivity index (χ2n) is 4.26. The maximum atomic E-state index is 6.02. The summed E-state index contributed by atoms with van der Waals surface area (Å²) in [5.74, 6) is 1.51. The van der Waals surface area contributed by atoms with Crippen molar-refractivity contribution in [1.82, 2.24) is 0 Å². The van der Waals surface area contributed by atoms with Gasteiger partial charge in [-0.15, -0.1) is 0 Å². The Morgan fingerprint density at radius 1 is 1.27 bits per heavy atom. The first-order valence-electron chi connectivity index (χ1n) is 5.52. The summed E-state index contributed by atoms with van der Waals surface area (Å²) in [6.07, 6.45) is 2.00. The molecule has 0 bridgehead atoms. The van der Waals surface area contributed by atoms with Gasteiger partial charge < -0.3 is 10.5 Å². The van der Waals surface area contributed by atoms with E-state index >= 15 is 0 Å². The standard InChI is InChI=1S/C13H21NO/c1-10(2)12(14)9-8-11-6-4-5-7-13(11)15-3/h4-7,10,12H,8-9,14H2,1-3H3. The Bertz CT molecular complexity index is 296. The van der Waals surface area contributed by atoms with Crippen LogP contribution in [0.5, 0.6) is 5.75 Å². The number of rotatable bonds is 5. The third kappa shape index (κ3) is 3.56. The number of benzene rings is 1. The van der Waals surface area contributed by atoms with Crippen LogP contribution in [0.4, 0.5) is 0 Å². The topological polar surface area (TPSA) is 35.2 Å². The third-order valence-corrected chi connectivity index (χ3v) is 2.80. The molecule has 2 nitrogen and oxygen atoms in total. The van der Waals surface area contributed by atoms with E-state index in [1.165, 1.54) is 5.56 Å². The first kappa shape index (κ1) is 12.1. The predicted molar refractivity (Wildman–Crippen MR) is 64.1 cm³/mol. The zero-order valence-electron chi connectivity index (χ0n) is 9.86. The third-order valence-electron chi connectivity index (χ3n) is 2.80. The lowest BCUT2D eigenvalue weighted by Crippen LogP contribution is -2.26. The second-order valence-corrected chi connectivity index (χ2v) is 4.26. The van der Waals surface area contributed by atoms with Crippen LogP contribution in [0.1, 0.15) is 25.8 Å². The number of methoxy groups -OCH3 is 1. The highest BCUT2D eigenvalue weighted by molar-refractivity contribution is 5.33. The summed E-state index contributed by atoms with van der Waals surface area (Å²) in [5, 5.41) is 0. The number of hydrogen-bond donors (Lipinski definition) is 1. The maximum absolute atomic E-state index is 6.02. The zero-order chi connectivity index (χ0) is 11.3. The van der Waals surface area contributed by atoms with Crippen molar-refractivity contribution in [2.45, 2.75) is 32.7 Å². The van der Waals surface area contributed by atoms with Gasteiger partial charge in [0.1, 0.15) is 5.75 Å². The van der Waals surface area contributed by atoms with E-state index in [1.807, 2.05) is 18.2 Å². The van der Waals surface area contributed by atoms with Crippen molar-refractivity contribution in [1.29, 1.82) is 0 Å². The van der Waals surface area contributed by atoms with E-state index in [0.29, 0.717) is 5.92 Å². The molecule has 0 saturated heterocycles. The average Bonchev–Trinajstić information content (AvgIpc) is 2.26. The molecule has 2 N–H and O–H groups in total. The molecule has 0 heterocycles. The molecule has 0 saturated carbocycles. The van der Waals surface area contributed by atoms with Gasteiger partial charge in [-0.25, -0.2) is 0 Å². The fourth-order valence-corrected chi connectivity index (χ4v) is 1.57. The van der Waals surface area contributed by atoms with E-state index in [0.717, 1.165) is 18.6 Å². The van der Waals surface area contributed by atoms with Crippen molar-refractivity contribution in [2.75, 3.05) is 7.11 Å². The summed E-state index contributed by atoms with van der Waals surface area (Å²) in [6, 6.07) is 8.40. The number of nitrogens with two attached hydrogens (primary N) is 1. The smallest absolute Gasteiger partial charge is 0.122 e. The molecule has 1 aromatic carbocycles. The lowest BCUT2D eigenvalue weighted by molar-refractivity contribution is 0.405. The molecule has 0 radical (unpaired) electrons. The summed E-state index contributed by atoms with van der Waals surface area (Å²) in [5.41, 5.74) is 7.26. The lowest BCUT2D eigenvalue weighted by atomic mass is 9.97. The normalized spacial score (nSPS) is 12.9. The van der Waals surface area contributed by atoms with Crippen LogP contribution in [-0.4, -0.2) is 13.2 Å². The van der Waals surface area contributed by atoms with E-state index in [2.05, 4.69) is 19.9 Å². The molecule has 0 amide bonds. The summed E-state index contributed by atoms with van der Waals surface area (Å²) < 4.78 is 5.30. The van der Waals surface area contributed by atoms with Gasteiger partial charge in [0.25, 0.3) is 0 Å². The van der Waals surface area contributed by atoms with E-state index in [1.54, 1.807) is 7.11 Å². The fourth-order valence-electron chi connectivity index (χ4n) is 1.57. The van der Waals surface area contributed by atoms with Crippen LogP contribution >= 0.6 is 0 Å². The Hall–Kier alpha value is -1.02. The van der Waals surface area contributed by atoms with Crippen LogP contribution in [0.3, 0.4) is 0 Å². The van der Waals surface area contributed by atoms with Crippen LogP contribution in [0.15, 0.2) is 24.3 Å². The number of para-hydroxylation sites is 1. The van der Waals surface area contributed by atoms with Crippen LogP contribution < -0.4 is 10.5 Å². The molecule has 0 spiro atoms. The molecule has 1 aromatic rings. The quantitative estimate of drug-likeness (QED) is 0.805. The van der Waals surface area contributed by atoms with Gasteiger partial charge in [0.15, 0.2) is 0 Å². The van der Waals surface area contributed by atoms with E-state index in [4.69, 9.17) is 10.5 Å². The molecule has 2 heteroatoms. The van der Waals surface area contributed by atoms with E-state index in [9.17, 15) is 0 Å². The van der Waals surface area contributed by atoms with Crippen molar-refractivity contribution in [3.05, 3.63) is 29.8 Å². The molecule has 0 fully saturated rings. The molecular formula is C13H21NO. The number of ether oxygens (including phenoxy) is 1. The lowest BCUT2D eigenvalue weighted by Gasteiger charge is -2.16. The summed E-state index contributed by atoms with van der Waals surface area (Å²) in [7, 11) is 1.71. The SMILES string of the molecule is COc1ccccc1CCC(N)C(C)C. The molecule has 1 unspecified atom stereocenters. The molecule has 0 aromatic heterocycles. The molecule has 84 valence electrons. The first-order chi connectivity index (χ1) is 7.15. The maximum Gasteiger partial charge on any atom is 0.122 e. The van der Waals surface area contributed by atoms with Crippen molar-refractivity contribution in [3.8, 4) is 5.75 Å². The highest BCUT2D eigenvalue weighted by Crippen LogP contribution is 2.20. The predicted octanol–water partition coefficient (Wildman–Crippen LogP) is 2.61. The van der Waals surface area contributed by atoms with Gasteiger partial charge >= 0.3 is 0 Å². The van der Waals surface area contributed by atoms with Crippen molar-refractivity contribution in [3.63, 3.8) is 0 Å². The molecule has 0 aliphatic carbocycles. The molecule has 1 rings (SSSR count). The van der Waals surface area contributed by atoms with Gasteiger partial charge in [-0.1, -0.05) is 32.0 Å². The highest BCUT2D eigenvalue weighted by atomic mass is 16.5. The summed E-state index contributed by atoms with van der Waals surface area (Å²) in [6.45, 7) is 4.32. The monoisotopic (exact) mass is 207 g/mol. The van der Waals surface area contributed by atoms with E-state index < -0.39 is 0 Å². The summed E-state index contributed by atoms with van der Waals surface area (Å²) >= 11 is 0. The minimum absolute atomic E-state index is 0.273. The minimum atomic E-state index is 0.273. The van der Waals surface area contributed by atoms with Crippen LogP contribution in [0.25, 0.3) is 0 Å². The Balaban J connectivity index is 2.57.